The van der Waals surface area contributed by atoms with Crippen LogP contribution in [0.25, 0.3) is 0 Å². The molecule has 1 unspecified atom stereocenters. The van der Waals surface area contributed by atoms with Crippen LogP contribution < -0.4 is 0 Å². The van der Waals surface area contributed by atoms with E-state index in [0.29, 0.717) is 11.7 Å². The lowest BCUT2D eigenvalue weighted by molar-refractivity contribution is 0.0561. The van der Waals surface area contributed by atoms with Gasteiger partial charge in [-0.3, -0.25) is 14.4 Å². The van der Waals surface area contributed by atoms with Crippen molar-refractivity contribution in [1.29, 1.82) is 0 Å². The lowest BCUT2D eigenvalue weighted by atomic mass is 10.1. The Bertz CT molecular complexity index is 428. The molecule has 92 valence electrons. The maximum Gasteiger partial charge on any atom is 0.272 e. The summed E-state index contributed by atoms with van der Waals surface area (Å²) in [6.07, 6.45) is 4.19. The summed E-state index contributed by atoms with van der Waals surface area (Å²) in [4.78, 5) is 16.8. The van der Waals surface area contributed by atoms with Crippen molar-refractivity contribution in [3.63, 3.8) is 0 Å². The molecular weight excluding hydrogens is 216 g/mol. The van der Waals surface area contributed by atoms with Crippen molar-refractivity contribution >= 4 is 5.91 Å². The number of piperazine rings is 1. The van der Waals surface area contributed by atoms with Gasteiger partial charge in [0.1, 0.15) is 5.69 Å². The largest absolute Gasteiger partial charge is 0.334 e. The van der Waals surface area contributed by atoms with Crippen LogP contribution >= 0.6 is 0 Å². The Morgan fingerprint density at radius 2 is 2.29 bits per heavy atom. The molecule has 1 aromatic rings. The smallest absolute Gasteiger partial charge is 0.272 e. The average molecular weight is 234 g/mol. The molecule has 2 aliphatic rings. The molecule has 5 nitrogen and oxygen atoms in total. The van der Waals surface area contributed by atoms with Crippen molar-refractivity contribution in [3.05, 3.63) is 18.0 Å². The van der Waals surface area contributed by atoms with Crippen LogP contribution in [0.15, 0.2) is 12.3 Å². The van der Waals surface area contributed by atoms with Gasteiger partial charge in [0.25, 0.3) is 5.91 Å². The number of aryl methyl sites for hydroxylation is 1. The van der Waals surface area contributed by atoms with E-state index in [9.17, 15) is 4.79 Å². The maximum absolute atomic E-state index is 12.3. The number of carbonyl (C=O) groups excluding carboxylic acids is 1. The van der Waals surface area contributed by atoms with E-state index < -0.39 is 0 Å². The third kappa shape index (κ3) is 1.84. The van der Waals surface area contributed by atoms with Crippen molar-refractivity contribution in [3.8, 4) is 0 Å². The molecule has 17 heavy (non-hydrogen) atoms. The summed E-state index contributed by atoms with van der Waals surface area (Å²) >= 11 is 0. The van der Waals surface area contributed by atoms with E-state index in [2.05, 4.69) is 10.00 Å². The number of hydrogen-bond donors (Lipinski definition) is 0. The van der Waals surface area contributed by atoms with E-state index in [-0.39, 0.29) is 5.91 Å². The zero-order chi connectivity index (χ0) is 11.8. The number of nitrogens with zero attached hydrogens (tertiary/aromatic N) is 4. The van der Waals surface area contributed by atoms with Gasteiger partial charge < -0.3 is 4.90 Å². The quantitative estimate of drug-likeness (QED) is 0.703. The highest BCUT2D eigenvalue weighted by Gasteiger charge is 2.33. The predicted octanol–water partition coefficient (Wildman–Crippen LogP) is 0.340. The maximum atomic E-state index is 12.3. The number of fused-ring (bicyclic) bond motifs is 1. The fourth-order valence-corrected chi connectivity index (χ4v) is 2.92. The predicted molar refractivity (Wildman–Crippen MR) is 63.7 cm³/mol. The third-order valence-corrected chi connectivity index (χ3v) is 3.91. The highest BCUT2D eigenvalue weighted by molar-refractivity contribution is 5.92. The second-order valence-corrected chi connectivity index (χ2v) is 4.92. The summed E-state index contributed by atoms with van der Waals surface area (Å²) in [5.41, 5.74) is 0.691. The van der Waals surface area contributed by atoms with Gasteiger partial charge in [0.05, 0.1) is 0 Å². The molecule has 3 rings (SSSR count). The Labute approximate surface area is 101 Å². The van der Waals surface area contributed by atoms with Gasteiger partial charge in [-0.05, 0) is 25.5 Å². The molecule has 0 saturated carbocycles. The Hall–Kier alpha value is -1.36. The number of amides is 1. The minimum absolute atomic E-state index is 0.122. The molecule has 0 aliphatic carbocycles. The molecule has 0 bridgehead atoms. The second-order valence-electron chi connectivity index (χ2n) is 4.92. The van der Waals surface area contributed by atoms with Crippen LogP contribution in [0.5, 0.6) is 0 Å². The van der Waals surface area contributed by atoms with Gasteiger partial charge in [0.2, 0.25) is 0 Å². The molecule has 1 amide bonds. The number of aromatic nitrogens is 2. The Morgan fingerprint density at radius 1 is 1.41 bits per heavy atom. The van der Waals surface area contributed by atoms with E-state index in [0.717, 1.165) is 19.6 Å². The Balaban J connectivity index is 1.73. The van der Waals surface area contributed by atoms with E-state index in [4.69, 9.17) is 0 Å². The second kappa shape index (κ2) is 4.14. The lowest BCUT2D eigenvalue weighted by Gasteiger charge is -2.37. The summed E-state index contributed by atoms with van der Waals surface area (Å²) in [7, 11) is 1.82. The highest BCUT2D eigenvalue weighted by atomic mass is 16.2. The highest BCUT2D eigenvalue weighted by Crippen LogP contribution is 2.22. The zero-order valence-corrected chi connectivity index (χ0v) is 10.2. The monoisotopic (exact) mass is 234 g/mol. The molecule has 2 fully saturated rings. The van der Waals surface area contributed by atoms with Gasteiger partial charge >= 0.3 is 0 Å². The van der Waals surface area contributed by atoms with Crippen LogP contribution in [0.2, 0.25) is 0 Å². The molecule has 0 spiro atoms. The molecule has 0 aromatic carbocycles. The molecule has 2 saturated heterocycles. The van der Waals surface area contributed by atoms with Gasteiger partial charge in [0.15, 0.2) is 0 Å². The average Bonchev–Trinajstić information content (AvgIpc) is 2.95. The number of hydrogen-bond acceptors (Lipinski definition) is 3. The Kier molecular flexibility index (Phi) is 2.63. The van der Waals surface area contributed by atoms with Crippen LogP contribution in [0.4, 0.5) is 0 Å². The van der Waals surface area contributed by atoms with Crippen molar-refractivity contribution in [2.45, 2.75) is 18.9 Å². The molecule has 0 radical (unpaired) electrons. The first-order chi connectivity index (χ1) is 8.25. The third-order valence-electron chi connectivity index (χ3n) is 3.91. The minimum Gasteiger partial charge on any atom is -0.334 e. The van der Waals surface area contributed by atoms with E-state index in [1.165, 1.54) is 19.4 Å². The summed E-state index contributed by atoms with van der Waals surface area (Å²) in [6.45, 7) is 3.96. The van der Waals surface area contributed by atoms with Crippen LogP contribution in [-0.2, 0) is 7.05 Å². The Morgan fingerprint density at radius 3 is 3.06 bits per heavy atom. The summed E-state index contributed by atoms with van der Waals surface area (Å²) in [5.74, 6) is 0.122. The van der Waals surface area contributed by atoms with Crippen molar-refractivity contribution < 1.29 is 4.79 Å². The molecule has 5 heteroatoms. The minimum atomic E-state index is 0.122. The standard InChI is InChI=1S/C12H18N4O/c1-14-11(4-5-13-14)12(17)16-8-7-15-6-2-3-10(15)9-16/h4-5,10H,2-3,6-9H2,1H3. The fourth-order valence-electron chi connectivity index (χ4n) is 2.92. The summed E-state index contributed by atoms with van der Waals surface area (Å²) in [6, 6.07) is 2.38. The van der Waals surface area contributed by atoms with Crippen molar-refractivity contribution in [2.75, 3.05) is 26.2 Å². The first kappa shape index (κ1) is 10.8. The van der Waals surface area contributed by atoms with Gasteiger partial charge in [-0.25, -0.2) is 0 Å². The van der Waals surface area contributed by atoms with Gasteiger partial charge in [-0.1, -0.05) is 0 Å². The van der Waals surface area contributed by atoms with E-state index in [1.54, 1.807) is 16.9 Å². The van der Waals surface area contributed by atoms with Crippen molar-refractivity contribution in [2.24, 2.45) is 7.05 Å². The molecule has 1 atom stereocenters. The first-order valence-corrected chi connectivity index (χ1v) is 6.27. The molecular formula is C12H18N4O. The molecule has 1 aromatic heterocycles. The normalized spacial score (nSPS) is 25.0. The number of carbonyl (C=O) groups is 1. The topological polar surface area (TPSA) is 41.4 Å². The van der Waals surface area contributed by atoms with E-state index >= 15 is 0 Å². The fraction of sp³-hybridized carbons (Fsp3) is 0.667. The van der Waals surface area contributed by atoms with Crippen LogP contribution in [-0.4, -0.2) is 57.7 Å². The number of rotatable bonds is 1. The lowest BCUT2D eigenvalue weighted by Crippen LogP contribution is -2.52. The van der Waals surface area contributed by atoms with Gasteiger partial charge in [-0.2, -0.15) is 5.10 Å². The van der Waals surface area contributed by atoms with E-state index in [1.807, 2.05) is 11.9 Å². The molecule has 2 aliphatic heterocycles. The SMILES string of the molecule is Cn1nccc1C(=O)N1CCN2CCCC2C1. The summed E-state index contributed by atoms with van der Waals surface area (Å²) < 4.78 is 1.66. The van der Waals surface area contributed by atoms with Crippen molar-refractivity contribution in [1.82, 2.24) is 19.6 Å². The zero-order valence-electron chi connectivity index (χ0n) is 10.2. The molecule has 0 N–H and O–H groups in total. The summed E-state index contributed by atoms with van der Waals surface area (Å²) in [5, 5.41) is 4.06. The molecule has 3 heterocycles. The van der Waals surface area contributed by atoms with Crippen LogP contribution in [0, 0.1) is 0 Å². The van der Waals surface area contributed by atoms with Gasteiger partial charge in [-0.15, -0.1) is 0 Å². The van der Waals surface area contributed by atoms with Crippen LogP contribution in [0.3, 0.4) is 0 Å². The first-order valence-electron chi connectivity index (χ1n) is 6.27. The van der Waals surface area contributed by atoms with Crippen LogP contribution in [0.1, 0.15) is 23.3 Å². The van der Waals surface area contributed by atoms with Gasteiger partial charge in [0, 0.05) is 38.9 Å².